The van der Waals surface area contributed by atoms with E-state index in [2.05, 4.69) is 20.7 Å². The van der Waals surface area contributed by atoms with E-state index in [1.807, 2.05) is 23.6 Å². The molecule has 1 amide bonds. The van der Waals surface area contributed by atoms with Crippen LogP contribution in [0.2, 0.25) is 0 Å². The molecular formula is C16H13N3OS. The van der Waals surface area contributed by atoms with Crippen LogP contribution in [0.3, 0.4) is 0 Å². The highest BCUT2D eigenvalue weighted by Crippen LogP contribution is 2.20. The van der Waals surface area contributed by atoms with Crippen LogP contribution in [-0.2, 0) is 6.54 Å². The van der Waals surface area contributed by atoms with E-state index in [-0.39, 0.29) is 5.91 Å². The first kappa shape index (κ1) is 13.5. The highest BCUT2D eigenvalue weighted by Gasteiger charge is 2.06. The molecule has 0 unspecified atom stereocenters. The lowest BCUT2D eigenvalue weighted by atomic mass is 10.1. The van der Waals surface area contributed by atoms with Crippen molar-refractivity contribution in [1.82, 2.24) is 15.3 Å². The van der Waals surface area contributed by atoms with Crippen LogP contribution in [0.5, 0.6) is 0 Å². The minimum absolute atomic E-state index is 0.128. The minimum atomic E-state index is -0.128. The van der Waals surface area contributed by atoms with Gasteiger partial charge in [-0.25, -0.2) is 0 Å². The molecule has 0 atom stereocenters. The zero-order chi connectivity index (χ0) is 14.5. The predicted molar refractivity (Wildman–Crippen MR) is 83.0 cm³/mol. The summed E-state index contributed by atoms with van der Waals surface area (Å²) in [4.78, 5) is 20.3. The fourth-order valence-corrected chi connectivity index (χ4v) is 2.58. The van der Waals surface area contributed by atoms with E-state index in [0.29, 0.717) is 12.1 Å². The highest BCUT2D eigenvalue weighted by atomic mass is 32.1. The zero-order valence-electron chi connectivity index (χ0n) is 11.2. The number of carbonyl (C=O) groups excluding carboxylic acids is 1. The molecule has 0 saturated heterocycles. The molecule has 3 rings (SSSR count). The van der Waals surface area contributed by atoms with Crippen LogP contribution in [0.4, 0.5) is 0 Å². The maximum absolute atomic E-state index is 12.0. The maximum atomic E-state index is 12.0. The first-order chi connectivity index (χ1) is 10.3. The van der Waals surface area contributed by atoms with E-state index >= 15 is 0 Å². The smallest absolute Gasteiger partial charge is 0.253 e. The van der Waals surface area contributed by atoms with Gasteiger partial charge < -0.3 is 5.32 Å². The van der Waals surface area contributed by atoms with Crippen LogP contribution < -0.4 is 5.32 Å². The normalized spacial score (nSPS) is 10.3. The lowest BCUT2D eigenvalue weighted by Gasteiger charge is -2.06. The Kier molecular flexibility index (Phi) is 4.02. The number of rotatable bonds is 4. The highest BCUT2D eigenvalue weighted by molar-refractivity contribution is 7.08. The van der Waals surface area contributed by atoms with Crippen LogP contribution >= 0.6 is 11.3 Å². The predicted octanol–water partition coefficient (Wildman–Crippen LogP) is 3.14. The number of nitrogens with one attached hydrogen (secondary N) is 1. The number of carbonyl (C=O) groups is 1. The summed E-state index contributed by atoms with van der Waals surface area (Å²) in [5.74, 6) is -0.128. The van der Waals surface area contributed by atoms with Crippen LogP contribution in [-0.4, -0.2) is 15.9 Å². The van der Waals surface area contributed by atoms with Crippen molar-refractivity contribution in [2.24, 2.45) is 0 Å². The van der Waals surface area contributed by atoms with Crippen LogP contribution in [0.1, 0.15) is 15.9 Å². The third kappa shape index (κ3) is 3.32. The standard InChI is InChI=1S/C16H13N3OS/c20-16(13-2-1-5-17-10-13)19-9-12-3-6-18-15(8-12)14-4-7-21-11-14/h1-8,10-11H,9H2,(H,19,20). The Morgan fingerprint density at radius 3 is 2.95 bits per heavy atom. The van der Waals surface area contributed by atoms with Crippen molar-refractivity contribution < 1.29 is 4.79 Å². The second-order valence-electron chi connectivity index (χ2n) is 4.49. The van der Waals surface area contributed by atoms with Crippen LogP contribution in [0.25, 0.3) is 11.3 Å². The van der Waals surface area contributed by atoms with Crippen LogP contribution in [0.15, 0.2) is 59.7 Å². The molecule has 21 heavy (non-hydrogen) atoms. The molecule has 0 aliphatic rings. The molecule has 3 heterocycles. The van der Waals surface area contributed by atoms with Gasteiger partial charge in [-0.1, -0.05) is 0 Å². The fourth-order valence-electron chi connectivity index (χ4n) is 1.93. The molecular weight excluding hydrogens is 282 g/mol. The van der Waals surface area contributed by atoms with Crippen molar-refractivity contribution >= 4 is 17.2 Å². The Morgan fingerprint density at radius 1 is 1.24 bits per heavy atom. The molecule has 0 aliphatic carbocycles. The van der Waals surface area contributed by atoms with Gasteiger partial charge in [-0.15, -0.1) is 0 Å². The van der Waals surface area contributed by atoms with Crippen molar-refractivity contribution in [1.29, 1.82) is 0 Å². The number of hydrogen-bond acceptors (Lipinski definition) is 4. The third-order valence-electron chi connectivity index (χ3n) is 3.02. The van der Waals surface area contributed by atoms with Gasteiger partial charge in [0.2, 0.25) is 0 Å². The summed E-state index contributed by atoms with van der Waals surface area (Å²) in [5, 5.41) is 6.96. The molecule has 0 bridgehead atoms. The summed E-state index contributed by atoms with van der Waals surface area (Å²) in [6.07, 6.45) is 4.96. The zero-order valence-corrected chi connectivity index (χ0v) is 12.0. The lowest BCUT2D eigenvalue weighted by molar-refractivity contribution is 0.0950. The molecule has 0 radical (unpaired) electrons. The molecule has 0 aliphatic heterocycles. The summed E-state index contributed by atoms with van der Waals surface area (Å²) < 4.78 is 0. The summed E-state index contributed by atoms with van der Waals surface area (Å²) >= 11 is 1.64. The second kappa shape index (κ2) is 6.28. The van der Waals surface area contributed by atoms with Gasteiger partial charge in [-0.2, -0.15) is 11.3 Å². The van der Waals surface area contributed by atoms with E-state index < -0.39 is 0 Å². The molecule has 104 valence electrons. The number of thiophene rings is 1. The lowest BCUT2D eigenvalue weighted by Crippen LogP contribution is -2.22. The average Bonchev–Trinajstić information content (AvgIpc) is 3.08. The van der Waals surface area contributed by atoms with Gasteiger partial charge in [0.15, 0.2) is 0 Å². The molecule has 0 aromatic carbocycles. The van der Waals surface area contributed by atoms with Gasteiger partial charge >= 0.3 is 0 Å². The first-order valence-electron chi connectivity index (χ1n) is 6.48. The molecule has 0 saturated carbocycles. The number of amides is 1. The van der Waals surface area contributed by atoms with Crippen molar-refractivity contribution in [3.8, 4) is 11.3 Å². The molecule has 0 fully saturated rings. The monoisotopic (exact) mass is 295 g/mol. The van der Waals surface area contributed by atoms with Crippen molar-refractivity contribution in [3.05, 3.63) is 70.8 Å². The van der Waals surface area contributed by atoms with E-state index in [0.717, 1.165) is 16.8 Å². The Morgan fingerprint density at radius 2 is 2.19 bits per heavy atom. The van der Waals surface area contributed by atoms with Gasteiger partial charge in [0, 0.05) is 36.1 Å². The summed E-state index contributed by atoms with van der Waals surface area (Å²) in [5.41, 5.74) is 3.60. The van der Waals surface area contributed by atoms with Gasteiger partial charge in [0.1, 0.15) is 0 Å². The topological polar surface area (TPSA) is 54.9 Å². The van der Waals surface area contributed by atoms with Crippen molar-refractivity contribution in [2.75, 3.05) is 0 Å². The van der Waals surface area contributed by atoms with Gasteiger partial charge in [0.05, 0.1) is 11.3 Å². The quantitative estimate of drug-likeness (QED) is 0.804. The number of aromatic nitrogens is 2. The summed E-state index contributed by atoms with van der Waals surface area (Å²) in [6, 6.07) is 9.41. The Hall–Kier alpha value is -2.53. The van der Waals surface area contributed by atoms with Gasteiger partial charge in [-0.3, -0.25) is 14.8 Å². The van der Waals surface area contributed by atoms with Gasteiger partial charge in [-0.05, 0) is 41.3 Å². The maximum Gasteiger partial charge on any atom is 0.253 e. The summed E-state index contributed by atoms with van der Waals surface area (Å²) in [7, 11) is 0. The largest absolute Gasteiger partial charge is 0.348 e. The van der Waals surface area contributed by atoms with Crippen molar-refractivity contribution in [2.45, 2.75) is 6.54 Å². The fraction of sp³-hybridized carbons (Fsp3) is 0.0625. The first-order valence-corrected chi connectivity index (χ1v) is 7.43. The van der Waals surface area contributed by atoms with Crippen LogP contribution in [0, 0.1) is 0 Å². The molecule has 3 aromatic rings. The van der Waals surface area contributed by atoms with Crippen molar-refractivity contribution in [3.63, 3.8) is 0 Å². The number of hydrogen-bond donors (Lipinski definition) is 1. The third-order valence-corrected chi connectivity index (χ3v) is 3.70. The molecule has 3 aromatic heterocycles. The Bertz CT molecular complexity index is 726. The molecule has 1 N–H and O–H groups in total. The number of nitrogens with zero attached hydrogens (tertiary/aromatic N) is 2. The number of pyridine rings is 2. The van der Waals surface area contributed by atoms with E-state index in [1.54, 1.807) is 42.1 Å². The Labute approximate surface area is 126 Å². The SMILES string of the molecule is O=C(NCc1ccnc(-c2ccsc2)c1)c1cccnc1. The summed E-state index contributed by atoms with van der Waals surface area (Å²) in [6.45, 7) is 0.466. The molecule has 4 nitrogen and oxygen atoms in total. The Balaban J connectivity index is 1.69. The van der Waals surface area contributed by atoms with E-state index in [9.17, 15) is 4.79 Å². The second-order valence-corrected chi connectivity index (χ2v) is 5.27. The molecule has 0 spiro atoms. The average molecular weight is 295 g/mol. The minimum Gasteiger partial charge on any atom is -0.348 e. The van der Waals surface area contributed by atoms with E-state index in [4.69, 9.17) is 0 Å². The van der Waals surface area contributed by atoms with E-state index in [1.165, 1.54) is 0 Å². The molecule has 5 heteroatoms. The van der Waals surface area contributed by atoms with Gasteiger partial charge in [0.25, 0.3) is 5.91 Å².